The largest absolute Gasteiger partial charge is 0.515 e. The molecule has 0 spiro atoms. The summed E-state index contributed by atoms with van der Waals surface area (Å²) in [6.07, 6.45) is 4.96. The fraction of sp³-hybridized carbons (Fsp3) is 0.0714. The van der Waals surface area contributed by atoms with E-state index < -0.39 is 0 Å². The SMILES string of the molecule is OC=C1C2=C(NC=C3N=CCN32)c2ccccc21. The number of hydrogen-bond acceptors (Lipinski definition) is 4. The molecule has 0 fully saturated rings. The van der Waals surface area contributed by atoms with Crippen LogP contribution in [-0.4, -0.2) is 22.8 Å². The molecule has 0 amide bonds. The molecule has 2 heterocycles. The molecule has 0 saturated carbocycles. The summed E-state index contributed by atoms with van der Waals surface area (Å²) in [5.74, 6) is 0.890. The van der Waals surface area contributed by atoms with E-state index in [1.54, 1.807) is 0 Å². The van der Waals surface area contributed by atoms with Crippen molar-refractivity contribution in [3.8, 4) is 0 Å². The maximum atomic E-state index is 9.56. The van der Waals surface area contributed by atoms with Gasteiger partial charge in [-0.25, -0.2) is 4.99 Å². The third-order valence-corrected chi connectivity index (χ3v) is 3.49. The molecular weight excluding hydrogens is 226 g/mol. The summed E-state index contributed by atoms with van der Waals surface area (Å²) in [4.78, 5) is 6.41. The Morgan fingerprint density at radius 3 is 2.94 bits per heavy atom. The molecule has 1 aromatic carbocycles. The third-order valence-electron chi connectivity index (χ3n) is 3.49. The van der Waals surface area contributed by atoms with Gasteiger partial charge in [0.15, 0.2) is 0 Å². The van der Waals surface area contributed by atoms with Crippen LogP contribution < -0.4 is 5.32 Å². The van der Waals surface area contributed by atoms with Crippen LogP contribution in [-0.2, 0) is 0 Å². The van der Waals surface area contributed by atoms with Crippen LogP contribution in [0.15, 0.2) is 53.2 Å². The van der Waals surface area contributed by atoms with Gasteiger partial charge >= 0.3 is 0 Å². The minimum atomic E-state index is 0.748. The molecule has 2 N–H and O–H groups in total. The number of aliphatic hydroxyl groups is 1. The maximum Gasteiger partial charge on any atom is 0.149 e. The molecular formula is C14H11N3O. The summed E-state index contributed by atoms with van der Waals surface area (Å²) in [6, 6.07) is 8.07. The zero-order valence-corrected chi connectivity index (χ0v) is 9.59. The van der Waals surface area contributed by atoms with Gasteiger partial charge in [-0.2, -0.15) is 0 Å². The summed E-state index contributed by atoms with van der Waals surface area (Å²) in [5.41, 5.74) is 5.08. The number of benzene rings is 1. The lowest BCUT2D eigenvalue weighted by atomic mass is 10.1. The van der Waals surface area contributed by atoms with Crippen LogP contribution >= 0.6 is 0 Å². The van der Waals surface area contributed by atoms with Crippen LogP contribution in [0.2, 0.25) is 0 Å². The number of nitrogens with zero attached hydrogens (tertiary/aromatic N) is 2. The summed E-state index contributed by atoms with van der Waals surface area (Å²) in [6.45, 7) is 0.748. The highest BCUT2D eigenvalue weighted by molar-refractivity contribution is 6.00. The molecule has 2 aliphatic heterocycles. The quantitative estimate of drug-likeness (QED) is 0.679. The zero-order chi connectivity index (χ0) is 12.1. The number of allylic oxidation sites excluding steroid dienone is 1. The van der Waals surface area contributed by atoms with Crippen LogP contribution in [0.5, 0.6) is 0 Å². The molecule has 4 rings (SSSR count). The Bertz CT molecular complexity index is 667. The van der Waals surface area contributed by atoms with Crippen molar-refractivity contribution in [3.05, 3.63) is 59.4 Å². The minimum Gasteiger partial charge on any atom is -0.515 e. The van der Waals surface area contributed by atoms with Gasteiger partial charge in [0, 0.05) is 23.6 Å². The fourth-order valence-electron chi connectivity index (χ4n) is 2.72. The third kappa shape index (κ3) is 1.02. The van der Waals surface area contributed by atoms with Crippen molar-refractivity contribution < 1.29 is 5.11 Å². The Labute approximate surface area is 104 Å². The maximum absolute atomic E-state index is 9.56. The van der Waals surface area contributed by atoms with Crippen molar-refractivity contribution >= 4 is 17.5 Å². The van der Waals surface area contributed by atoms with Gasteiger partial charge in [0.2, 0.25) is 0 Å². The molecule has 0 radical (unpaired) electrons. The number of fused-ring (bicyclic) bond motifs is 4. The van der Waals surface area contributed by atoms with E-state index in [-0.39, 0.29) is 0 Å². The Morgan fingerprint density at radius 1 is 1.28 bits per heavy atom. The van der Waals surface area contributed by atoms with Gasteiger partial charge in [-0.05, 0) is 5.56 Å². The average molecular weight is 237 g/mol. The average Bonchev–Trinajstić information content (AvgIpc) is 3.00. The molecule has 4 heteroatoms. The predicted molar refractivity (Wildman–Crippen MR) is 70.4 cm³/mol. The van der Waals surface area contributed by atoms with Gasteiger partial charge in [-0.3, -0.25) is 0 Å². The topological polar surface area (TPSA) is 47.9 Å². The second-order valence-corrected chi connectivity index (χ2v) is 4.38. The van der Waals surface area contributed by atoms with Crippen LogP contribution in [0, 0.1) is 0 Å². The highest BCUT2D eigenvalue weighted by Gasteiger charge is 2.34. The molecule has 0 atom stereocenters. The molecule has 3 aliphatic rings. The number of aliphatic imine (C=N–C) groups is 1. The second kappa shape index (κ2) is 3.26. The summed E-state index contributed by atoms with van der Waals surface area (Å²) >= 11 is 0. The first kappa shape index (κ1) is 9.53. The van der Waals surface area contributed by atoms with Crippen molar-refractivity contribution in [3.63, 3.8) is 0 Å². The van der Waals surface area contributed by atoms with E-state index in [1.807, 2.05) is 30.6 Å². The first-order valence-corrected chi connectivity index (χ1v) is 5.86. The molecule has 0 saturated heterocycles. The van der Waals surface area contributed by atoms with E-state index in [4.69, 9.17) is 0 Å². The van der Waals surface area contributed by atoms with E-state index in [0.29, 0.717) is 0 Å². The summed E-state index contributed by atoms with van der Waals surface area (Å²) < 4.78 is 0. The van der Waals surface area contributed by atoms with Gasteiger partial charge in [0.1, 0.15) is 5.82 Å². The standard InChI is InChI=1S/C14H11N3O/c18-8-11-9-3-1-2-4-10(9)13-14(11)17-6-5-15-12(17)7-16-13/h1-5,7-8,16,18H,6H2. The summed E-state index contributed by atoms with van der Waals surface area (Å²) in [5, 5.41) is 12.8. The van der Waals surface area contributed by atoms with Crippen molar-refractivity contribution in [2.45, 2.75) is 0 Å². The lowest BCUT2D eigenvalue weighted by Crippen LogP contribution is -2.26. The van der Waals surface area contributed by atoms with Gasteiger partial charge in [0.05, 0.1) is 24.2 Å². The van der Waals surface area contributed by atoms with E-state index in [1.165, 1.54) is 6.26 Å². The van der Waals surface area contributed by atoms with Crippen LogP contribution in [0.3, 0.4) is 0 Å². The zero-order valence-electron chi connectivity index (χ0n) is 9.59. The van der Waals surface area contributed by atoms with Crippen molar-refractivity contribution in [2.24, 2.45) is 4.99 Å². The molecule has 1 aromatic rings. The number of rotatable bonds is 0. The van der Waals surface area contributed by atoms with E-state index in [2.05, 4.69) is 21.3 Å². The van der Waals surface area contributed by atoms with Gasteiger partial charge in [-0.1, -0.05) is 24.3 Å². The minimum absolute atomic E-state index is 0.748. The molecule has 4 nitrogen and oxygen atoms in total. The monoisotopic (exact) mass is 237 g/mol. The Morgan fingerprint density at radius 2 is 2.11 bits per heavy atom. The first-order chi connectivity index (χ1) is 8.90. The molecule has 0 unspecified atom stereocenters. The van der Waals surface area contributed by atoms with Crippen LogP contribution in [0.25, 0.3) is 11.3 Å². The van der Waals surface area contributed by atoms with Crippen LogP contribution in [0.1, 0.15) is 11.1 Å². The van der Waals surface area contributed by atoms with Gasteiger partial charge in [-0.15, -0.1) is 0 Å². The highest BCUT2D eigenvalue weighted by atomic mass is 16.2. The molecule has 0 aromatic heterocycles. The normalized spacial score (nSPS) is 21.7. The number of nitrogens with one attached hydrogen (secondary N) is 1. The molecule has 18 heavy (non-hydrogen) atoms. The van der Waals surface area contributed by atoms with E-state index in [9.17, 15) is 5.11 Å². The van der Waals surface area contributed by atoms with Crippen molar-refractivity contribution in [2.75, 3.05) is 6.54 Å². The summed E-state index contributed by atoms with van der Waals surface area (Å²) in [7, 11) is 0. The fourth-order valence-corrected chi connectivity index (χ4v) is 2.72. The molecule has 88 valence electrons. The Hall–Kier alpha value is -2.49. The van der Waals surface area contributed by atoms with Gasteiger partial charge < -0.3 is 15.3 Å². The number of aliphatic hydroxyl groups excluding tert-OH is 1. The van der Waals surface area contributed by atoms with Crippen LogP contribution in [0.4, 0.5) is 0 Å². The molecule has 1 aliphatic carbocycles. The first-order valence-electron chi connectivity index (χ1n) is 5.86. The van der Waals surface area contributed by atoms with Gasteiger partial charge in [0.25, 0.3) is 0 Å². The smallest absolute Gasteiger partial charge is 0.149 e. The van der Waals surface area contributed by atoms with E-state index >= 15 is 0 Å². The predicted octanol–water partition coefficient (Wildman–Crippen LogP) is 2.06. The second-order valence-electron chi connectivity index (χ2n) is 4.38. The van der Waals surface area contributed by atoms with E-state index in [0.717, 1.165) is 40.5 Å². The number of hydrogen-bond donors (Lipinski definition) is 2. The molecule has 0 bridgehead atoms. The Kier molecular flexibility index (Phi) is 1.73. The van der Waals surface area contributed by atoms with Crippen molar-refractivity contribution in [1.82, 2.24) is 10.2 Å². The Balaban J connectivity index is 1.95. The van der Waals surface area contributed by atoms with Crippen molar-refractivity contribution in [1.29, 1.82) is 0 Å². The lowest BCUT2D eigenvalue weighted by molar-refractivity contribution is 0.468. The lowest BCUT2D eigenvalue weighted by Gasteiger charge is -2.26. The highest BCUT2D eigenvalue weighted by Crippen LogP contribution is 2.44.